The van der Waals surface area contributed by atoms with Gasteiger partial charge in [0.15, 0.2) is 16.6 Å². The number of para-hydroxylation sites is 1. The third kappa shape index (κ3) is 2.44. The monoisotopic (exact) mass is 256 g/mol. The van der Waals surface area contributed by atoms with Crippen molar-refractivity contribution in [1.29, 1.82) is 0 Å². The summed E-state index contributed by atoms with van der Waals surface area (Å²) in [5, 5.41) is -0.329. The average Bonchev–Trinajstić information content (AvgIpc) is 2.52. The van der Waals surface area contributed by atoms with Gasteiger partial charge in [-0.1, -0.05) is 12.1 Å². The van der Waals surface area contributed by atoms with E-state index in [1.165, 1.54) is 24.3 Å². The third-order valence-electron chi connectivity index (χ3n) is 2.06. The van der Waals surface area contributed by atoms with Crippen molar-refractivity contribution in [2.75, 3.05) is 6.61 Å². The lowest BCUT2D eigenvalue weighted by Crippen LogP contribution is -2.08. The van der Waals surface area contributed by atoms with E-state index in [-0.39, 0.29) is 23.1 Å². The zero-order valence-corrected chi connectivity index (χ0v) is 9.45. The largest absolute Gasteiger partial charge is 0.484 e. The van der Waals surface area contributed by atoms with Gasteiger partial charge in [0.25, 0.3) is 10.0 Å². The fourth-order valence-corrected chi connectivity index (χ4v) is 2.06. The summed E-state index contributed by atoms with van der Waals surface area (Å²) in [5.41, 5.74) is 5.37. The summed E-state index contributed by atoms with van der Waals surface area (Å²) in [6, 6.07) is 5.81. The smallest absolute Gasteiger partial charge is 0.297 e. The van der Waals surface area contributed by atoms with Crippen LogP contribution in [0.1, 0.15) is 0 Å². The van der Waals surface area contributed by atoms with Crippen LogP contribution in [0.25, 0.3) is 0 Å². The highest BCUT2D eigenvalue weighted by molar-refractivity contribution is 7.94. The molecule has 1 aliphatic heterocycles. The van der Waals surface area contributed by atoms with E-state index in [1.54, 1.807) is 6.07 Å². The molecule has 0 radical (unpaired) electrons. The zero-order valence-electron chi connectivity index (χ0n) is 8.63. The molecule has 0 atom stereocenters. The van der Waals surface area contributed by atoms with Crippen molar-refractivity contribution in [3.05, 3.63) is 41.2 Å². The molecule has 0 bridgehead atoms. The Morgan fingerprint density at radius 2 is 2.06 bits per heavy atom. The normalized spacial score (nSPS) is 17.5. The van der Waals surface area contributed by atoms with Gasteiger partial charge in [-0.25, -0.2) is 4.39 Å². The Kier molecular flexibility index (Phi) is 2.84. The first kappa shape index (κ1) is 11.6. The number of sulfonamides is 1. The molecule has 0 aromatic heterocycles. The molecule has 0 aliphatic carbocycles. The highest BCUT2D eigenvalue weighted by Crippen LogP contribution is 2.17. The van der Waals surface area contributed by atoms with Gasteiger partial charge in [-0.2, -0.15) is 12.8 Å². The lowest BCUT2D eigenvalue weighted by atomic mass is 10.3. The van der Waals surface area contributed by atoms with Gasteiger partial charge in [0.05, 0.1) is 5.71 Å². The maximum absolute atomic E-state index is 13.2. The minimum absolute atomic E-state index is 0.0338. The van der Waals surface area contributed by atoms with Crippen LogP contribution in [0.2, 0.25) is 0 Å². The molecule has 5 nitrogen and oxygen atoms in total. The van der Waals surface area contributed by atoms with E-state index in [0.29, 0.717) is 0 Å². The first-order valence-electron chi connectivity index (χ1n) is 4.67. The lowest BCUT2D eigenvalue weighted by molar-refractivity contribution is 0.354. The van der Waals surface area contributed by atoms with E-state index in [0.717, 1.165) is 0 Å². The fraction of sp³-hybridized carbons (Fsp3) is 0.100. The van der Waals surface area contributed by atoms with Gasteiger partial charge in [0.1, 0.15) is 6.61 Å². The molecular weight excluding hydrogens is 247 g/mol. The SMILES string of the molecule is NC1=CC(COc2ccccc2F)=NS1(=O)=O. The predicted molar refractivity (Wildman–Crippen MR) is 60.5 cm³/mol. The summed E-state index contributed by atoms with van der Waals surface area (Å²) >= 11 is 0. The van der Waals surface area contributed by atoms with Crippen molar-refractivity contribution in [3.63, 3.8) is 0 Å². The number of hydrogen-bond donors (Lipinski definition) is 1. The van der Waals surface area contributed by atoms with Crippen LogP contribution in [0.3, 0.4) is 0 Å². The molecule has 1 aromatic carbocycles. The molecule has 1 heterocycles. The first-order valence-corrected chi connectivity index (χ1v) is 6.11. The minimum atomic E-state index is -3.74. The summed E-state index contributed by atoms with van der Waals surface area (Å²) in [5.74, 6) is -0.489. The maximum Gasteiger partial charge on any atom is 0.297 e. The van der Waals surface area contributed by atoms with E-state index in [1.807, 2.05) is 0 Å². The van der Waals surface area contributed by atoms with Crippen molar-refractivity contribution in [2.24, 2.45) is 10.1 Å². The van der Waals surface area contributed by atoms with E-state index in [2.05, 4.69) is 4.40 Å². The van der Waals surface area contributed by atoms with Gasteiger partial charge in [0, 0.05) is 6.08 Å². The zero-order chi connectivity index (χ0) is 12.5. The molecule has 17 heavy (non-hydrogen) atoms. The van der Waals surface area contributed by atoms with Crippen LogP contribution in [0, 0.1) is 5.82 Å². The molecule has 0 unspecified atom stereocenters. The molecule has 1 aromatic rings. The molecule has 0 saturated heterocycles. The van der Waals surface area contributed by atoms with Gasteiger partial charge in [-0.15, -0.1) is 0 Å². The topological polar surface area (TPSA) is 81.8 Å². The van der Waals surface area contributed by atoms with Crippen molar-refractivity contribution in [1.82, 2.24) is 0 Å². The Morgan fingerprint density at radius 3 is 2.65 bits per heavy atom. The number of rotatable bonds is 3. The van der Waals surface area contributed by atoms with Crippen LogP contribution in [-0.4, -0.2) is 20.7 Å². The molecule has 2 rings (SSSR count). The average molecular weight is 256 g/mol. The number of nitrogens with zero attached hydrogens (tertiary/aromatic N) is 1. The van der Waals surface area contributed by atoms with Crippen molar-refractivity contribution in [2.45, 2.75) is 0 Å². The van der Waals surface area contributed by atoms with Crippen molar-refractivity contribution < 1.29 is 17.5 Å². The van der Waals surface area contributed by atoms with Gasteiger partial charge in [-0.3, -0.25) is 0 Å². The highest BCUT2D eigenvalue weighted by atomic mass is 32.2. The molecule has 0 fully saturated rings. The number of halogens is 1. The minimum Gasteiger partial charge on any atom is -0.484 e. The van der Waals surface area contributed by atoms with Crippen LogP contribution in [-0.2, 0) is 10.0 Å². The summed E-state index contributed by atoms with van der Waals surface area (Å²) in [6.07, 6.45) is 1.19. The maximum atomic E-state index is 13.2. The van der Waals surface area contributed by atoms with E-state index in [9.17, 15) is 12.8 Å². The molecular formula is C10H9FN2O3S. The fourth-order valence-electron chi connectivity index (χ4n) is 1.25. The Hall–Kier alpha value is -1.89. The van der Waals surface area contributed by atoms with Crippen LogP contribution in [0.4, 0.5) is 4.39 Å². The molecule has 0 spiro atoms. The number of ether oxygens (including phenoxy) is 1. The Morgan fingerprint density at radius 1 is 1.35 bits per heavy atom. The van der Waals surface area contributed by atoms with Crippen molar-refractivity contribution >= 4 is 15.7 Å². The second kappa shape index (κ2) is 4.17. The van der Waals surface area contributed by atoms with E-state index < -0.39 is 15.8 Å². The lowest BCUT2D eigenvalue weighted by Gasteiger charge is -2.04. The molecule has 7 heteroatoms. The van der Waals surface area contributed by atoms with Gasteiger partial charge < -0.3 is 10.5 Å². The second-order valence-corrected chi connectivity index (χ2v) is 4.93. The number of benzene rings is 1. The van der Waals surface area contributed by atoms with Crippen LogP contribution >= 0.6 is 0 Å². The predicted octanol–water partition coefficient (Wildman–Crippen LogP) is 0.789. The van der Waals surface area contributed by atoms with Gasteiger partial charge in [-0.05, 0) is 12.1 Å². The molecule has 0 amide bonds. The number of hydrogen-bond acceptors (Lipinski definition) is 4. The third-order valence-corrected chi connectivity index (χ3v) is 3.24. The quantitative estimate of drug-likeness (QED) is 0.866. The molecule has 1 aliphatic rings. The Bertz CT molecular complexity index is 608. The summed E-state index contributed by atoms with van der Waals surface area (Å²) in [6.45, 7) is -0.152. The van der Waals surface area contributed by atoms with Gasteiger partial charge in [0.2, 0.25) is 0 Å². The van der Waals surface area contributed by atoms with Crippen molar-refractivity contribution in [3.8, 4) is 5.75 Å². The Balaban J connectivity index is 2.09. The van der Waals surface area contributed by atoms with E-state index in [4.69, 9.17) is 10.5 Å². The van der Waals surface area contributed by atoms with Crippen LogP contribution < -0.4 is 10.5 Å². The first-order chi connectivity index (χ1) is 7.99. The van der Waals surface area contributed by atoms with Gasteiger partial charge >= 0.3 is 0 Å². The van der Waals surface area contributed by atoms with Crippen LogP contribution in [0.5, 0.6) is 5.75 Å². The summed E-state index contributed by atoms with van der Waals surface area (Å²) in [4.78, 5) is 0. The summed E-state index contributed by atoms with van der Waals surface area (Å²) < 4.78 is 43.9. The number of nitrogens with two attached hydrogens (primary N) is 1. The highest BCUT2D eigenvalue weighted by Gasteiger charge is 2.21. The standard InChI is InChI=1S/C10H9FN2O3S/c11-8-3-1-2-4-9(8)16-6-7-5-10(12)17(14,15)13-7/h1-5H,6,12H2. The molecule has 90 valence electrons. The van der Waals surface area contributed by atoms with Crippen LogP contribution in [0.15, 0.2) is 39.8 Å². The molecule has 2 N–H and O–H groups in total. The van der Waals surface area contributed by atoms with E-state index >= 15 is 0 Å². The second-order valence-electron chi connectivity index (χ2n) is 3.32. The Labute approximate surface area is 97.5 Å². The summed E-state index contributed by atoms with van der Waals surface area (Å²) in [7, 11) is -3.74. The molecule has 0 saturated carbocycles.